The molecule has 1 fully saturated rings. The summed E-state index contributed by atoms with van der Waals surface area (Å²) in [4.78, 5) is 13.3. The van der Waals surface area contributed by atoms with Crippen molar-refractivity contribution in [1.82, 2.24) is 0 Å². The molecule has 1 aliphatic heterocycles. The molecule has 1 aliphatic rings. The number of rotatable bonds is 4. The first kappa shape index (κ1) is 22.6. The molecule has 0 bridgehead atoms. The minimum atomic E-state index is -1.85. The van der Waals surface area contributed by atoms with Gasteiger partial charge in [-0.05, 0) is 24.3 Å². The Labute approximate surface area is 184 Å². The van der Waals surface area contributed by atoms with Crippen LogP contribution in [0.5, 0.6) is 28.7 Å². The Morgan fingerprint density at radius 2 is 1.58 bits per heavy atom. The summed E-state index contributed by atoms with van der Waals surface area (Å²) in [6.45, 7) is -0.740. The summed E-state index contributed by atoms with van der Waals surface area (Å²) in [6.07, 6.45) is -8.40. The van der Waals surface area contributed by atoms with Crippen LogP contribution in [0.15, 0.2) is 39.5 Å². The molecule has 4 rings (SSSR count). The smallest absolute Gasteiger partial charge is 0.239 e. The lowest BCUT2D eigenvalue weighted by Crippen LogP contribution is -2.60. The van der Waals surface area contributed by atoms with Crippen LogP contribution in [-0.2, 0) is 4.74 Å². The molecule has 0 saturated carbocycles. The van der Waals surface area contributed by atoms with Crippen LogP contribution in [0, 0.1) is 0 Å². The van der Waals surface area contributed by atoms with Crippen molar-refractivity contribution in [2.75, 3.05) is 6.61 Å². The monoisotopic (exact) mass is 464 g/mol. The van der Waals surface area contributed by atoms with E-state index >= 15 is 0 Å². The Morgan fingerprint density at radius 3 is 2.21 bits per heavy atom. The van der Waals surface area contributed by atoms with Crippen LogP contribution in [0.2, 0.25) is 0 Å². The van der Waals surface area contributed by atoms with Gasteiger partial charge in [-0.15, -0.1) is 0 Å². The van der Waals surface area contributed by atoms with Crippen molar-refractivity contribution in [3.05, 3.63) is 40.6 Å². The number of fused-ring (bicyclic) bond motifs is 1. The normalized spacial score (nSPS) is 25.3. The number of benzene rings is 2. The number of aromatic hydroxyl groups is 4. The van der Waals surface area contributed by atoms with Gasteiger partial charge < -0.3 is 54.7 Å². The third-order valence-electron chi connectivity index (χ3n) is 5.28. The van der Waals surface area contributed by atoms with E-state index in [1.165, 1.54) is 24.3 Å². The van der Waals surface area contributed by atoms with Crippen molar-refractivity contribution >= 4 is 11.0 Å². The van der Waals surface area contributed by atoms with E-state index in [0.717, 1.165) is 6.07 Å². The average Bonchev–Trinajstić information content (AvgIpc) is 2.79. The summed E-state index contributed by atoms with van der Waals surface area (Å²) in [5.41, 5.74) is -1.17. The predicted octanol–water partition coefficient (Wildman–Crippen LogP) is -0.539. The van der Waals surface area contributed by atoms with E-state index in [1.54, 1.807) is 0 Å². The van der Waals surface area contributed by atoms with Crippen molar-refractivity contribution in [2.45, 2.75) is 30.7 Å². The van der Waals surface area contributed by atoms with Gasteiger partial charge in [-0.3, -0.25) is 4.79 Å². The number of phenols is 4. The molecule has 176 valence electrons. The lowest BCUT2D eigenvalue weighted by Gasteiger charge is -2.39. The van der Waals surface area contributed by atoms with Gasteiger partial charge in [-0.1, -0.05) is 0 Å². The first-order valence-corrected chi connectivity index (χ1v) is 9.65. The van der Waals surface area contributed by atoms with Crippen LogP contribution in [0.1, 0.15) is 0 Å². The maximum atomic E-state index is 13.3. The molecule has 3 aromatic rings. The van der Waals surface area contributed by atoms with E-state index in [9.17, 15) is 45.6 Å². The Bertz CT molecular complexity index is 1230. The van der Waals surface area contributed by atoms with Crippen molar-refractivity contribution in [2.24, 2.45) is 0 Å². The quantitative estimate of drug-likeness (QED) is 0.229. The molecule has 0 unspecified atom stereocenters. The topological polar surface area (TPSA) is 211 Å². The van der Waals surface area contributed by atoms with Gasteiger partial charge in [0.15, 0.2) is 17.3 Å². The summed E-state index contributed by atoms with van der Waals surface area (Å²) < 4.78 is 16.5. The third kappa shape index (κ3) is 3.79. The zero-order chi connectivity index (χ0) is 24.0. The standard InChI is InChI=1S/C21H20O12/c22-6-11-14(26)17(29)18(30)21(32-11)33-20-16(28)12-10(5-9(24)13(25)15(12)27)31-19(20)7-1-3-8(23)4-2-7/h1-5,11,14,17-18,21-27,29-30H,6H2/t11-,14-,17+,18-,21+/m1/s1. The highest BCUT2D eigenvalue weighted by atomic mass is 16.7. The van der Waals surface area contributed by atoms with Crippen molar-refractivity contribution in [3.63, 3.8) is 0 Å². The van der Waals surface area contributed by atoms with Gasteiger partial charge in [-0.25, -0.2) is 0 Å². The summed E-state index contributed by atoms with van der Waals surface area (Å²) in [5, 5.41) is 78.5. The average molecular weight is 464 g/mol. The molecule has 0 amide bonds. The lowest BCUT2D eigenvalue weighted by atomic mass is 9.99. The van der Waals surface area contributed by atoms with Crippen LogP contribution in [-0.4, -0.2) is 78.2 Å². The number of hydrogen-bond donors (Lipinski definition) is 8. The van der Waals surface area contributed by atoms with Crippen molar-refractivity contribution in [1.29, 1.82) is 0 Å². The SMILES string of the molecule is O=c1c(O[C@@H]2O[C@H](CO)[C@@H](O)[C@H](O)[C@H]2O)c(-c2ccc(O)cc2)oc2cc(O)c(O)c(O)c12. The van der Waals surface area contributed by atoms with Gasteiger partial charge >= 0.3 is 0 Å². The Hall–Kier alpha value is -3.55. The van der Waals surface area contributed by atoms with Crippen LogP contribution >= 0.6 is 0 Å². The number of ether oxygens (including phenoxy) is 2. The number of phenolic OH excluding ortho intramolecular Hbond substituents is 4. The zero-order valence-electron chi connectivity index (χ0n) is 16.7. The molecule has 0 radical (unpaired) electrons. The molecular weight excluding hydrogens is 444 g/mol. The maximum Gasteiger partial charge on any atom is 0.239 e. The van der Waals surface area contributed by atoms with E-state index in [-0.39, 0.29) is 22.7 Å². The number of hydrogen-bond acceptors (Lipinski definition) is 12. The minimum Gasteiger partial charge on any atom is -0.508 e. The Kier molecular flexibility index (Phi) is 5.78. The predicted molar refractivity (Wildman–Crippen MR) is 109 cm³/mol. The van der Waals surface area contributed by atoms with Crippen molar-refractivity contribution < 1.29 is 54.7 Å². The van der Waals surface area contributed by atoms with E-state index < -0.39 is 71.1 Å². The molecule has 0 aliphatic carbocycles. The second-order valence-electron chi connectivity index (χ2n) is 7.42. The van der Waals surface area contributed by atoms with Crippen LogP contribution in [0.4, 0.5) is 0 Å². The van der Waals surface area contributed by atoms with Gasteiger partial charge in [-0.2, -0.15) is 0 Å². The van der Waals surface area contributed by atoms with E-state index in [4.69, 9.17) is 13.9 Å². The zero-order valence-corrected chi connectivity index (χ0v) is 16.7. The molecule has 5 atom stereocenters. The first-order valence-electron chi connectivity index (χ1n) is 9.65. The van der Waals surface area contributed by atoms with Gasteiger partial charge in [0.2, 0.25) is 23.2 Å². The van der Waals surface area contributed by atoms with E-state index in [1.807, 2.05) is 0 Å². The summed E-state index contributed by atoms with van der Waals surface area (Å²) in [5.74, 6) is -3.73. The molecular formula is C21H20O12. The highest BCUT2D eigenvalue weighted by Gasteiger charge is 2.45. The highest BCUT2D eigenvalue weighted by molar-refractivity contribution is 5.91. The second-order valence-corrected chi connectivity index (χ2v) is 7.42. The van der Waals surface area contributed by atoms with Crippen LogP contribution in [0.3, 0.4) is 0 Å². The second kappa shape index (κ2) is 8.42. The van der Waals surface area contributed by atoms with Gasteiger partial charge in [0.05, 0.1) is 6.61 Å². The molecule has 0 spiro atoms. The lowest BCUT2D eigenvalue weighted by molar-refractivity contribution is -0.277. The number of aliphatic hydroxyl groups is 4. The van der Waals surface area contributed by atoms with E-state index in [0.29, 0.717) is 0 Å². The molecule has 33 heavy (non-hydrogen) atoms. The Balaban J connectivity index is 1.92. The largest absolute Gasteiger partial charge is 0.508 e. The highest BCUT2D eigenvalue weighted by Crippen LogP contribution is 2.43. The summed E-state index contributed by atoms with van der Waals surface area (Å²) in [7, 11) is 0. The molecule has 8 N–H and O–H groups in total. The summed E-state index contributed by atoms with van der Waals surface area (Å²) >= 11 is 0. The molecule has 1 saturated heterocycles. The van der Waals surface area contributed by atoms with Crippen LogP contribution in [0.25, 0.3) is 22.3 Å². The Morgan fingerprint density at radius 1 is 0.909 bits per heavy atom. The molecule has 1 aromatic heterocycles. The first-order chi connectivity index (χ1) is 15.6. The van der Waals surface area contributed by atoms with Gasteiger partial charge in [0, 0.05) is 11.6 Å². The molecule has 2 heterocycles. The maximum absolute atomic E-state index is 13.3. The van der Waals surface area contributed by atoms with E-state index in [2.05, 4.69) is 0 Å². The summed E-state index contributed by atoms with van der Waals surface area (Å²) in [6, 6.07) is 6.18. The number of aliphatic hydroxyl groups excluding tert-OH is 4. The van der Waals surface area contributed by atoms with Crippen LogP contribution < -0.4 is 10.2 Å². The third-order valence-corrected chi connectivity index (χ3v) is 5.28. The minimum absolute atomic E-state index is 0.0986. The molecule has 12 heteroatoms. The fourth-order valence-electron chi connectivity index (χ4n) is 3.48. The van der Waals surface area contributed by atoms with Gasteiger partial charge in [0.25, 0.3) is 0 Å². The fraction of sp³-hybridized carbons (Fsp3) is 0.286. The fourth-order valence-corrected chi connectivity index (χ4v) is 3.48. The van der Waals surface area contributed by atoms with Gasteiger partial charge in [0.1, 0.15) is 41.1 Å². The van der Waals surface area contributed by atoms with Crippen molar-refractivity contribution in [3.8, 4) is 40.1 Å². The molecule has 2 aromatic carbocycles. The molecule has 12 nitrogen and oxygen atoms in total.